The lowest BCUT2D eigenvalue weighted by Crippen LogP contribution is -2.41. The summed E-state index contributed by atoms with van der Waals surface area (Å²) in [7, 11) is 3.33. The van der Waals surface area contributed by atoms with Gasteiger partial charge in [-0.1, -0.05) is 25.8 Å². The molecule has 124 valence electrons. The summed E-state index contributed by atoms with van der Waals surface area (Å²) in [5.41, 5.74) is -0.424. The van der Waals surface area contributed by atoms with Crippen molar-refractivity contribution in [3.05, 3.63) is 37.1 Å². The van der Waals surface area contributed by atoms with E-state index < -0.39 is 23.5 Å². The van der Waals surface area contributed by atoms with Crippen molar-refractivity contribution in [3.8, 4) is 0 Å². The number of nitrogens with zero attached hydrogens (tertiary/aromatic N) is 1. The smallest absolute Gasteiger partial charge is 0.308 e. The summed E-state index contributed by atoms with van der Waals surface area (Å²) in [6.07, 6.45) is 1.23. The van der Waals surface area contributed by atoms with Crippen molar-refractivity contribution in [1.82, 2.24) is 10.4 Å². The third-order valence-electron chi connectivity index (χ3n) is 2.32. The van der Waals surface area contributed by atoms with Gasteiger partial charge in [0.1, 0.15) is 11.4 Å². The molecule has 0 fully saturated rings. The summed E-state index contributed by atoms with van der Waals surface area (Å²) in [4.78, 5) is 29.2. The van der Waals surface area contributed by atoms with Gasteiger partial charge in [0, 0.05) is 19.7 Å². The lowest BCUT2D eigenvalue weighted by atomic mass is 10.1. The molecule has 0 rings (SSSR count). The number of carbonyl (C=O) groups is 2. The van der Waals surface area contributed by atoms with Crippen molar-refractivity contribution in [1.29, 1.82) is 0 Å². The van der Waals surface area contributed by atoms with Gasteiger partial charge >= 0.3 is 5.97 Å². The molecule has 1 N–H and O–H groups in total. The van der Waals surface area contributed by atoms with Crippen molar-refractivity contribution in [3.63, 3.8) is 0 Å². The molecule has 0 saturated carbocycles. The van der Waals surface area contributed by atoms with E-state index in [1.54, 1.807) is 34.9 Å². The van der Waals surface area contributed by atoms with E-state index in [0.29, 0.717) is 0 Å². The van der Waals surface area contributed by atoms with Gasteiger partial charge in [0.15, 0.2) is 0 Å². The number of nitrogens with one attached hydrogen (secondary N) is 1. The zero-order valence-electron chi connectivity index (χ0n) is 14.1. The highest BCUT2D eigenvalue weighted by Gasteiger charge is 2.25. The van der Waals surface area contributed by atoms with Gasteiger partial charge in [-0.15, -0.1) is 0 Å². The molecule has 0 aromatic rings. The first-order chi connectivity index (χ1) is 9.96. The van der Waals surface area contributed by atoms with Crippen molar-refractivity contribution < 1.29 is 19.2 Å². The van der Waals surface area contributed by atoms with Crippen molar-refractivity contribution in [2.75, 3.05) is 14.1 Å². The number of hydrogen-bond acceptors (Lipinski definition) is 5. The zero-order valence-corrected chi connectivity index (χ0v) is 14.1. The molecule has 0 aliphatic rings. The Morgan fingerprint density at radius 1 is 1.27 bits per heavy atom. The summed E-state index contributed by atoms with van der Waals surface area (Å²) >= 11 is 0. The van der Waals surface area contributed by atoms with Crippen LogP contribution in [0.2, 0.25) is 0 Å². The molecule has 0 bridgehead atoms. The highest BCUT2D eigenvalue weighted by atomic mass is 16.7. The predicted octanol–water partition coefficient (Wildman–Crippen LogP) is 1.95. The van der Waals surface area contributed by atoms with Gasteiger partial charge in [-0.05, 0) is 20.8 Å². The SMILES string of the molecule is C=CC(=C)C(=O)N[C@@H](CC(=O)OC(C)(C)C)C(=C)ON(C)C. The van der Waals surface area contributed by atoms with Crippen LogP contribution in [-0.2, 0) is 19.2 Å². The molecule has 6 heteroatoms. The van der Waals surface area contributed by atoms with E-state index in [-0.39, 0.29) is 17.8 Å². The average Bonchev–Trinajstić information content (AvgIpc) is 2.33. The van der Waals surface area contributed by atoms with Gasteiger partial charge in [0.2, 0.25) is 0 Å². The first kappa shape index (κ1) is 19.9. The fourth-order valence-corrected chi connectivity index (χ4v) is 1.44. The summed E-state index contributed by atoms with van der Waals surface area (Å²) in [5.74, 6) is -0.696. The van der Waals surface area contributed by atoms with Crippen LogP contribution in [0.4, 0.5) is 0 Å². The van der Waals surface area contributed by atoms with Crippen molar-refractivity contribution >= 4 is 11.9 Å². The Bertz CT molecular complexity index is 461. The fourth-order valence-electron chi connectivity index (χ4n) is 1.44. The second-order valence-corrected chi connectivity index (χ2v) is 5.92. The minimum Gasteiger partial charge on any atom is -0.460 e. The Balaban J connectivity index is 4.97. The fraction of sp³-hybridized carbons (Fsp3) is 0.500. The Hall–Kier alpha value is -2.08. The first-order valence-electron chi connectivity index (χ1n) is 6.84. The predicted molar refractivity (Wildman–Crippen MR) is 85.6 cm³/mol. The average molecular weight is 310 g/mol. The molecule has 0 aliphatic heterocycles. The number of esters is 1. The van der Waals surface area contributed by atoms with Crippen LogP contribution in [0.5, 0.6) is 0 Å². The number of hydroxylamine groups is 2. The van der Waals surface area contributed by atoms with E-state index in [0.717, 1.165) is 0 Å². The third kappa shape index (κ3) is 8.26. The Morgan fingerprint density at radius 3 is 2.23 bits per heavy atom. The summed E-state index contributed by atoms with van der Waals surface area (Å²) in [6.45, 7) is 16.1. The van der Waals surface area contributed by atoms with Gasteiger partial charge < -0.3 is 14.9 Å². The molecule has 22 heavy (non-hydrogen) atoms. The van der Waals surface area contributed by atoms with Crippen molar-refractivity contribution in [2.24, 2.45) is 0 Å². The second kappa shape index (κ2) is 8.38. The lowest BCUT2D eigenvalue weighted by Gasteiger charge is -2.25. The maximum atomic E-state index is 12.0. The molecule has 6 nitrogen and oxygen atoms in total. The number of amides is 1. The van der Waals surface area contributed by atoms with E-state index in [1.165, 1.54) is 11.1 Å². The number of carbonyl (C=O) groups excluding carboxylic acids is 2. The number of rotatable bonds is 8. The molecular formula is C16H26N2O4. The molecule has 0 heterocycles. The van der Waals surface area contributed by atoms with Crippen LogP contribution in [0, 0.1) is 0 Å². The summed E-state index contributed by atoms with van der Waals surface area (Å²) in [5, 5.41) is 4.04. The molecule has 0 spiro atoms. The van der Waals surface area contributed by atoms with Crippen LogP contribution in [0.3, 0.4) is 0 Å². The third-order valence-corrected chi connectivity index (χ3v) is 2.32. The maximum absolute atomic E-state index is 12.0. The molecule has 0 aliphatic carbocycles. The van der Waals surface area contributed by atoms with E-state index in [9.17, 15) is 9.59 Å². The summed E-state index contributed by atoms with van der Waals surface area (Å²) < 4.78 is 5.25. The Morgan fingerprint density at radius 2 is 1.82 bits per heavy atom. The molecular weight excluding hydrogens is 284 g/mol. The lowest BCUT2D eigenvalue weighted by molar-refractivity contribution is -0.156. The maximum Gasteiger partial charge on any atom is 0.308 e. The Labute approximate surface area is 132 Å². The molecule has 1 atom stereocenters. The van der Waals surface area contributed by atoms with Crippen LogP contribution < -0.4 is 5.32 Å². The highest BCUT2D eigenvalue weighted by molar-refractivity contribution is 5.95. The van der Waals surface area contributed by atoms with Crippen LogP contribution >= 0.6 is 0 Å². The van der Waals surface area contributed by atoms with Crippen LogP contribution in [0.1, 0.15) is 27.2 Å². The van der Waals surface area contributed by atoms with E-state index >= 15 is 0 Å². The second-order valence-electron chi connectivity index (χ2n) is 5.92. The van der Waals surface area contributed by atoms with E-state index in [1.807, 2.05) is 0 Å². The zero-order chi connectivity index (χ0) is 17.5. The monoisotopic (exact) mass is 310 g/mol. The quantitative estimate of drug-likeness (QED) is 0.244. The largest absolute Gasteiger partial charge is 0.460 e. The molecule has 0 unspecified atom stereocenters. The topological polar surface area (TPSA) is 67.9 Å². The molecule has 1 amide bonds. The van der Waals surface area contributed by atoms with Gasteiger partial charge in [-0.3, -0.25) is 9.59 Å². The molecule has 0 radical (unpaired) electrons. The minimum atomic E-state index is -0.735. The van der Waals surface area contributed by atoms with Crippen LogP contribution in [-0.4, -0.2) is 42.7 Å². The number of hydrogen-bond donors (Lipinski definition) is 1. The standard InChI is InChI=1S/C16H26N2O4/c1-9-11(2)15(20)17-13(12(3)22-18(7)8)10-14(19)21-16(4,5)6/h9,13H,1-3,10H2,4-8H3,(H,17,20)/t13-/m0/s1. The normalized spacial score (nSPS) is 12.3. The molecule has 0 aromatic carbocycles. The van der Waals surface area contributed by atoms with E-state index in [4.69, 9.17) is 9.57 Å². The molecule has 0 saturated heterocycles. The summed E-state index contributed by atoms with van der Waals surface area (Å²) in [6, 6.07) is -0.735. The van der Waals surface area contributed by atoms with E-state index in [2.05, 4.69) is 25.1 Å². The van der Waals surface area contributed by atoms with Gasteiger partial charge in [0.05, 0.1) is 12.5 Å². The first-order valence-corrected chi connectivity index (χ1v) is 6.84. The minimum absolute atomic E-state index is 0.0971. The van der Waals surface area contributed by atoms with Crippen LogP contribution in [0.15, 0.2) is 37.1 Å². The van der Waals surface area contributed by atoms with Gasteiger partial charge in [0.25, 0.3) is 5.91 Å². The number of ether oxygens (including phenoxy) is 1. The van der Waals surface area contributed by atoms with Gasteiger partial charge in [-0.2, -0.15) is 5.06 Å². The van der Waals surface area contributed by atoms with Crippen LogP contribution in [0.25, 0.3) is 0 Å². The Kier molecular flexibility index (Phi) is 7.59. The van der Waals surface area contributed by atoms with Gasteiger partial charge in [-0.25, -0.2) is 0 Å². The highest BCUT2D eigenvalue weighted by Crippen LogP contribution is 2.14. The molecule has 0 aromatic heterocycles. The van der Waals surface area contributed by atoms with Crippen molar-refractivity contribution in [2.45, 2.75) is 38.8 Å².